The molecule has 0 aliphatic carbocycles. The van der Waals surface area contributed by atoms with E-state index >= 15 is 0 Å². The minimum atomic E-state index is -0.887. The Morgan fingerprint density at radius 3 is 2.11 bits per heavy atom. The van der Waals surface area contributed by atoms with Crippen molar-refractivity contribution in [2.75, 3.05) is 6.61 Å². The van der Waals surface area contributed by atoms with Crippen molar-refractivity contribution in [1.82, 2.24) is 0 Å². The molecule has 1 N–H and O–H groups in total. The second-order valence-electron chi connectivity index (χ2n) is 1.70. The summed E-state index contributed by atoms with van der Waals surface area (Å²) in [5.41, 5.74) is 0. The number of nitrogens with zero attached hydrogens (tertiary/aromatic N) is 2. The van der Waals surface area contributed by atoms with Crippen LogP contribution < -0.4 is 0 Å². The van der Waals surface area contributed by atoms with Crippen molar-refractivity contribution in [2.45, 2.75) is 19.0 Å². The fourth-order valence-corrected chi connectivity index (χ4v) is 0.344. The Morgan fingerprint density at radius 1 is 1.44 bits per heavy atom. The van der Waals surface area contributed by atoms with Crippen molar-refractivity contribution >= 4 is 0 Å². The molecule has 0 amide bonds. The summed E-state index contributed by atoms with van der Waals surface area (Å²) < 4.78 is 0. The van der Waals surface area contributed by atoms with Crippen LogP contribution in [0, 0.1) is 9.81 Å². The summed E-state index contributed by atoms with van der Waals surface area (Å²) in [5.74, 6) is 0. The number of hydrogen-bond acceptors (Lipinski definition) is 5. The van der Waals surface area contributed by atoms with Gasteiger partial charge in [-0.25, -0.2) is 0 Å². The average Bonchev–Trinajstić information content (AvgIpc) is 1.90. The average molecular weight is 132 g/mol. The van der Waals surface area contributed by atoms with E-state index < -0.39 is 18.7 Å². The van der Waals surface area contributed by atoms with Gasteiger partial charge in [0.2, 0.25) is 0 Å². The van der Waals surface area contributed by atoms with Crippen LogP contribution in [0.5, 0.6) is 0 Å². The van der Waals surface area contributed by atoms with E-state index in [9.17, 15) is 9.81 Å². The quantitative estimate of drug-likeness (QED) is 0.557. The van der Waals surface area contributed by atoms with Crippen LogP contribution in [0.4, 0.5) is 0 Å². The molecule has 5 heteroatoms. The van der Waals surface area contributed by atoms with Gasteiger partial charge in [0.1, 0.15) is 12.1 Å². The minimum absolute atomic E-state index is 0.420. The Balaban J connectivity index is 3.77. The summed E-state index contributed by atoms with van der Waals surface area (Å²) in [6, 6.07) is -1.62. The summed E-state index contributed by atoms with van der Waals surface area (Å²) in [4.78, 5) is 19.4. The molecule has 0 aliphatic rings. The maximum absolute atomic E-state index is 9.73. The van der Waals surface area contributed by atoms with Gasteiger partial charge in [-0.15, -0.1) is 0 Å². The molecule has 9 heavy (non-hydrogen) atoms. The number of aliphatic hydroxyl groups excluding tert-OH is 1. The highest BCUT2D eigenvalue weighted by Crippen LogP contribution is 2.00. The summed E-state index contributed by atoms with van der Waals surface area (Å²) in [5, 5.41) is 13.3. The molecule has 0 rings (SSSR count). The van der Waals surface area contributed by atoms with Gasteiger partial charge in [-0.05, 0) is 6.92 Å². The van der Waals surface area contributed by atoms with Gasteiger partial charge in [-0.2, -0.15) is 9.81 Å². The lowest BCUT2D eigenvalue weighted by atomic mass is 10.2. The fraction of sp³-hybridized carbons (Fsp3) is 1.00. The lowest BCUT2D eigenvalue weighted by Gasteiger charge is -2.04. The highest BCUT2D eigenvalue weighted by Gasteiger charge is 2.16. The predicted molar refractivity (Wildman–Crippen MR) is 31.9 cm³/mol. The van der Waals surface area contributed by atoms with Gasteiger partial charge in [0, 0.05) is 0 Å². The van der Waals surface area contributed by atoms with Crippen molar-refractivity contribution in [1.29, 1.82) is 0 Å². The lowest BCUT2D eigenvalue weighted by Crippen LogP contribution is -2.22. The van der Waals surface area contributed by atoms with Crippen LogP contribution in [0.1, 0.15) is 6.92 Å². The van der Waals surface area contributed by atoms with E-state index in [0.717, 1.165) is 0 Å². The third kappa shape index (κ3) is 2.27. The zero-order chi connectivity index (χ0) is 7.28. The Bertz CT molecular complexity index is 106. The maximum Gasteiger partial charge on any atom is 0.140 e. The van der Waals surface area contributed by atoms with Crippen molar-refractivity contribution in [3.05, 3.63) is 9.81 Å². The standard InChI is InChI=1S/C4H8N2O3/c1-3(5-8)4(2-7)6-9/h3-4,7H,2H2,1H3. The molecule has 0 fully saturated rings. The second-order valence-corrected chi connectivity index (χ2v) is 1.70. The zero-order valence-corrected chi connectivity index (χ0v) is 5.02. The number of hydrogen-bond donors (Lipinski definition) is 1. The van der Waals surface area contributed by atoms with E-state index in [1.54, 1.807) is 0 Å². The molecule has 0 spiro atoms. The van der Waals surface area contributed by atoms with Crippen molar-refractivity contribution < 1.29 is 5.11 Å². The van der Waals surface area contributed by atoms with Crippen LogP contribution in [-0.4, -0.2) is 23.8 Å². The predicted octanol–water partition coefficient (Wildman–Crippen LogP) is 0.269. The summed E-state index contributed by atoms with van der Waals surface area (Å²) in [6.45, 7) is 1.01. The normalized spacial score (nSPS) is 16.2. The lowest BCUT2D eigenvalue weighted by molar-refractivity contribution is 0.253. The van der Waals surface area contributed by atoms with Gasteiger partial charge in [0.15, 0.2) is 0 Å². The molecule has 0 aromatic rings. The van der Waals surface area contributed by atoms with Crippen LogP contribution in [0.25, 0.3) is 0 Å². The van der Waals surface area contributed by atoms with Gasteiger partial charge in [-0.3, -0.25) is 0 Å². The molecule has 0 aromatic carbocycles. The molecule has 0 aromatic heterocycles. The smallest absolute Gasteiger partial charge is 0.140 e. The topological polar surface area (TPSA) is 79.1 Å². The first-order chi connectivity index (χ1) is 4.26. The molecule has 0 saturated carbocycles. The largest absolute Gasteiger partial charge is 0.394 e. The summed E-state index contributed by atoms with van der Waals surface area (Å²) >= 11 is 0. The first-order valence-corrected chi connectivity index (χ1v) is 2.52. The van der Waals surface area contributed by atoms with Crippen molar-refractivity contribution in [2.24, 2.45) is 10.4 Å². The Kier molecular flexibility index (Phi) is 3.70. The van der Waals surface area contributed by atoms with Crippen LogP contribution in [0.3, 0.4) is 0 Å². The van der Waals surface area contributed by atoms with Crippen LogP contribution in [0.15, 0.2) is 10.4 Å². The van der Waals surface area contributed by atoms with Crippen LogP contribution in [-0.2, 0) is 0 Å². The Hall–Kier alpha value is -0.840. The third-order valence-corrected chi connectivity index (χ3v) is 1.05. The molecule has 0 heterocycles. The highest BCUT2D eigenvalue weighted by atomic mass is 16.3. The molecule has 0 bridgehead atoms. The third-order valence-electron chi connectivity index (χ3n) is 1.05. The van der Waals surface area contributed by atoms with Gasteiger partial charge in [0.25, 0.3) is 0 Å². The zero-order valence-electron chi connectivity index (χ0n) is 5.02. The van der Waals surface area contributed by atoms with E-state index in [1.807, 2.05) is 0 Å². The molecular weight excluding hydrogens is 124 g/mol. The van der Waals surface area contributed by atoms with Gasteiger partial charge in [-0.1, -0.05) is 10.4 Å². The van der Waals surface area contributed by atoms with Crippen molar-refractivity contribution in [3.8, 4) is 0 Å². The minimum Gasteiger partial charge on any atom is -0.394 e. The molecule has 52 valence electrons. The van der Waals surface area contributed by atoms with E-state index in [0.29, 0.717) is 0 Å². The Morgan fingerprint density at radius 2 is 2.00 bits per heavy atom. The summed E-state index contributed by atoms with van der Waals surface area (Å²) in [7, 11) is 0. The van der Waals surface area contributed by atoms with Gasteiger partial charge in [0.05, 0.1) is 6.61 Å². The van der Waals surface area contributed by atoms with Gasteiger partial charge < -0.3 is 5.11 Å². The first-order valence-electron chi connectivity index (χ1n) is 2.52. The first kappa shape index (κ1) is 8.16. The van der Waals surface area contributed by atoms with Crippen LogP contribution in [0.2, 0.25) is 0 Å². The van der Waals surface area contributed by atoms with E-state index in [2.05, 4.69) is 10.4 Å². The maximum atomic E-state index is 9.73. The molecule has 2 atom stereocenters. The molecule has 0 aliphatic heterocycles. The molecule has 0 saturated heterocycles. The van der Waals surface area contributed by atoms with E-state index in [1.165, 1.54) is 6.92 Å². The molecule has 2 unspecified atom stereocenters. The number of nitroso groups, excluding NO2 is 2. The Labute approximate surface area is 52.0 Å². The van der Waals surface area contributed by atoms with Gasteiger partial charge >= 0.3 is 0 Å². The SMILES string of the molecule is CC(N=O)C(CO)N=O. The summed E-state index contributed by atoms with van der Waals surface area (Å²) in [6.07, 6.45) is 0. The van der Waals surface area contributed by atoms with Crippen LogP contribution >= 0.6 is 0 Å². The number of aliphatic hydroxyl groups is 1. The second kappa shape index (κ2) is 4.08. The fourth-order valence-electron chi connectivity index (χ4n) is 0.344. The molecule has 0 radical (unpaired) electrons. The van der Waals surface area contributed by atoms with E-state index in [4.69, 9.17) is 5.11 Å². The molecule has 5 nitrogen and oxygen atoms in total. The van der Waals surface area contributed by atoms with E-state index in [-0.39, 0.29) is 0 Å². The monoisotopic (exact) mass is 132 g/mol. The number of rotatable bonds is 4. The van der Waals surface area contributed by atoms with Crippen molar-refractivity contribution in [3.63, 3.8) is 0 Å². The molecular formula is C4H8N2O3. The highest BCUT2D eigenvalue weighted by molar-refractivity contribution is 4.76.